The number of amides is 1. The van der Waals surface area contributed by atoms with Gasteiger partial charge in [0.2, 0.25) is 0 Å². The van der Waals surface area contributed by atoms with E-state index in [1.165, 1.54) is 25.3 Å². The average molecular weight is 251 g/mol. The maximum atomic E-state index is 11.8. The molecule has 16 heavy (non-hydrogen) atoms. The largest absolute Gasteiger partial charge is 0.367 e. The first-order valence-corrected chi connectivity index (χ1v) is 6.21. The molecule has 1 rings (SSSR count). The van der Waals surface area contributed by atoms with Crippen molar-refractivity contribution in [1.29, 1.82) is 0 Å². The molecule has 0 bridgehead atoms. The standard InChI is InChI=1S/C8H17N3O4S/c1-8(7(9)12)6-11(4-5-15-8)16(13,14)10(2)3/h4-6H2,1-3H3,(H2,9,12)/t8-/m0/s1. The van der Waals surface area contributed by atoms with Gasteiger partial charge in [-0.25, -0.2) is 0 Å². The minimum atomic E-state index is -3.53. The van der Waals surface area contributed by atoms with Gasteiger partial charge in [-0.1, -0.05) is 0 Å². The van der Waals surface area contributed by atoms with Crippen LogP contribution in [0.2, 0.25) is 0 Å². The fourth-order valence-electron chi connectivity index (χ4n) is 1.41. The fourth-order valence-corrected chi connectivity index (χ4v) is 2.59. The number of nitrogens with two attached hydrogens (primary N) is 1. The summed E-state index contributed by atoms with van der Waals surface area (Å²) in [5.74, 6) is -0.661. The van der Waals surface area contributed by atoms with E-state index in [0.717, 1.165) is 4.31 Å². The van der Waals surface area contributed by atoms with Crippen LogP contribution in [-0.4, -0.2) is 62.3 Å². The molecule has 0 unspecified atom stereocenters. The number of morpholine rings is 1. The Hall–Kier alpha value is -0.700. The Morgan fingerprint density at radius 3 is 2.50 bits per heavy atom. The summed E-state index contributed by atoms with van der Waals surface area (Å²) in [7, 11) is -0.652. The molecule has 1 atom stereocenters. The van der Waals surface area contributed by atoms with Gasteiger partial charge in [0.1, 0.15) is 0 Å². The summed E-state index contributed by atoms with van der Waals surface area (Å²) in [5, 5.41) is 0. The second-order valence-corrected chi connectivity index (χ2v) is 6.21. The van der Waals surface area contributed by atoms with Crippen LogP contribution >= 0.6 is 0 Å². The normalized spacial score (nSPS) is 28.2. The van der Waals surface area contributed by atoms with Gasteiger partial charge >= 0.3 is 0 Å². The minimum Gasteiger partial charge on any atom is -0.367 e. The molecule has 94 valence electrons. The molecular formula is C8H17N3O4S. The van der Waals surface area contributed by atoms with Crippen LogP contribution in [0.25, 0.3) is 0 Å². The van der Waals surface area contributed by atoms with Crippen LogP contribution in [0.4, 0.5) is 0 Å². The van der Waals surface area contributed by atoms with Crippen LogP contribution in [0, 0.1) is 0 Å². The first kappa shape index (κ1) is 13.4. The van der Waals surface area contributed by atoms with Gasteiger partial charge in [-0.2, -0.15) is 17.0 Å². The second kappa shape index (κ2) is 4.28. The third-order valence-corrected chi connectivity index (χ3v) is 4.44. The number of primary amides is 1. The Kier molecular flexibility index (Phi) is 3.58. The first-order chi connectivity index (χ1) is 7.20. The zero-order valence-electron chi connectivity index (χ0n) is 9.63. The average Bonchev–Trinajstić information content (AvgIpc) is 2.17. The molecular weight excluding hydrogens is 234 g/mol. The Morgan fingerprint density at radius 2 is 2.06 bits per heavy atom. The Labute approximate surface area is 95.3 Å². The molecule has 1 saturated heterocycles. The molecule has 2 N–H and O–H groups in total. The van der Waals surface area contributed by atoms with E-state index >= 15 is 0 Å². The SMILES string of the molecule is CN(C)S(=O)(=O)N1CCO[C@](C)(C(N)=O)C1. The van der Waals surface area contributed by atoms with Crippen molar-refractivity contribution in [1.82, 2.24) is 8.61 Å². The predicted octanol–water partition coefficient (Wildman–Crippen LogP) is -1.63. The zero-order valence-corrected chi connectivity index (χ0v) is 10.5. The van der Waals surface area contributed by atoms with Crippen LogP contribution < -0.4 is 5.73 Å². The van der Waals surface area contributed by atoms with Crippen LogP contribution in [0.15, 0.2) is 0 Å². The van der Waals surface area contributed by atoms with Crippen LogP contribution in [0.1, 0.15) is 6.92 Å². The lowest BCUT2D eigenvalue weighted by molar-refractivity contribution is -0.148. The predicted molar refractivity (Wildman–Crippen MR) is 57.7 cm³/mol. The quantitative estimate of drug-likeness (QED) is 0.651. The maximum Gasteiger partial charge on any atom is 0.281 e. The first-order valence-electron chi connectivity index (χ1n) is 4.81. The lowest BCUT2D eigenvalue weighted by Crippen LogP contribution is -2.59. The molecule has 0 aromatic carbocycles. The molecule has 1 aliphatic rings. The monoisotopic (exact) mass is 251 g/mol. The number of rotatable bonds is 3. The Balaban J connectivity index is 2.91. The molecule has 0 saturated carbocycles. The van der Waals surface area contributed by atoms with Crippen LogP contribution in [-0.2, 0) is 19.7 Å². The molecule has 1 aliphatic heterocycles. The highest BCUT2D eigenvalue weighted by atomic mass is 32.2. The van der Waals surface area contributed by atoms with Crippen molar-refractivity contribution in [3.8, 4) is 0 Å². The van der Waals surface area contributed by atoms with Crippen molar-refractivity contribution in [2.45, 2.75) is 12.5 Å². The third-order valence-electron chi connectivity index (χ3n) is 2.55. The highest BCUT2D eigenvalue weighted by molar-refractivity contribution is 7.86. The highest BCUT2D eigenvalue weighted by Gasteiger charge is 2.42. The lowest BCUT2D eigenvalue weighted by atomic mass is 10.1. The van der Waals surface area contributed by atoms with Gasteiger partial charge in [0.05, 0.1) is 13.2 Å². The number of nitrogens with zero attached hydrogens (tertiary/aromatic N) is 2. The lowest BCUT2D eigenvalue weighted by Gasteiger charge is -2.38. The second-order valence-electron chi connectivity index (χ2n) is 4.07. The van der Waals surface area contributed by atoms with Crippen molar-refractivity contribution in [2.75, 3.05) is 33.8 Å². The number of ether oxygens (including phenoxy) is 1. The van der Waals surface area contributed by atoms with Crippen molar-refractivity contribution in [3.63, 3.8) is 0 Å². The van der Waals surface area contributed by atoms with Gasteiger partial charge in [-0.3, -0.25) is 4.79 Å². The number of hydrogen-bond donors (Lipinski definition) is 1. The van der Waals surface area contributed by atoms with Gasteiger partial charge in [0.15, 0.2) is 5.60 Å². The van der Waals surface area contributed by atoms with E-state index in [9.17, 15) is 13.2 Å². The van der Waals surface area contributed by atoms with Gasteiger partial charge in [0, 0.05) is 20.6 Å². The van der Waals surface area contributed by atoms with E-state index < -0.39 is 21.7 Å². The molecule has 0 aromatic heterocycles. The van der Waals surface area contributed by atoms with E-state index in [-0.39, 0.29) is 19.7 Å². The van der Waals surface area contributed by atoms with Gasteiger partial charge in [0.25, 0.3) is 16.1 Å². The fraction of sp³-hybridized carbons (Fsp3) is 0.875. The van der Waals surface area contributed by atoms with Crippen molar-refractivity contribution < 1.29 is 17.9 Å². The van der Waals surface area contributed by atoms with E-state index in [1.54, 1.807) is 0 Å². The molecule has 8 heteroatoms. The van der Waals surface area contributed by atoms with Gasteiger partial charge < -0.3 is 10.5 Å². The Bertz CT molecular complexity index is 381. The van der Waals surface area contributed by atoms with Crippen LogP contribution in [0.5, 0.6) is 0 Å². The molecule has 1 fully saturated rings. The Morgan fingerprint density at radius 1 is 1.50 bits per heavy atom. The van der Waals surface area contributed by atoms with E-state index in [2.05, 4.69) is 0 Å². The van der Waals surface area contributed by atoms with Gasteiger partial charge in [-0.15, -0.1) is 0 Å². The number of carbonyl (C=O) groups is 1. The minimum absolute atomic E-state index is 0.0527. The summed E-state index contributed by atoms with van der Waals surface area (Å²) < 4.78 is 31.2. The van der Waals surface area contributed by atoms with Gasteiger partial charge in [-0.05, 0) is 6.92 Å². The van der Waals surface area contributed by atoms with E-state index in [1.807, 2.05) is 0 Å². The number of hydrogen-bond acceptors (Lipinski definition) is 4. The summed E-state index contributed by atoms with van der Waals surface area (Å²) in [5.41, 5.74) is 3.94. The smallest absolute Gasteiger partial charge is 0.281 e. The molecule has 0 spiro atoms. The molecule has 1 amide bonds. The molecule has 7 nitrogen and oxygen atoms in total. The maximum absolute atomic E-state index is 11.8. The topological polar surface area (TPSA) is 92.9 Å². The van der Waals surface area contributed by atoms with Crippen LogP contribution in [0.3, 0.4) is 0 Å². The van der Waals surface area contributed by atoms with E-state index in [0.29, 0.717) is 0 Å². The van der Waals surface area contributed by atoms with Crippen molar-refractivity contribution in [2.24, 2.45) is 5.73 Å². The summed E-state index contributed by atoms with van der Waals surface area (Å²) in [6.45, 7) is 1.82. The molecule has 1 heterocycles. The van der Waals surface area contributed by atoms with E-state index in [4.69, 9.17) is 10.5 Å². The third kappa shape index (κ3) is 2.34. The highest BCUT2D eigenvalue weighted by Crippen LogP contribution is 2.20. The summed E-state index contributed by atoms with van der Waals surface area (Å²) in [6.07, 6.45) is 0. The van der Waals surface area contributed by atoms with Crippen molar-refractivity contribution in [3.05, 3.63) is 0 Å². The molecule has 0 radical (unpaired) electrons. The summed E-state index contributed by atoms with van der Waals surface area (Å²) in [6, 6.07) is 0. The summed E-state index contributed by atoms with van der Waals surface area (Å²) in [4.78, 5) is 11.2. The molecule has 0 aliphatic carbocycles. The number of carbonyl (C=O) groups excluding carboxylic acids is 1. The molecule has 0 aromatic rings. The van der Waals surface area contributed by atoms with Crippen molar-refractivity contribution >= 4 is 16.1 Å². The summed E-state index contributed by atoms with van der Waals surface area (Å²) >= 11 is 0. The zero-order chi connectivity index (χ0) is 12.6.